The minimum absolute atomic E-state index is 0.141. The van der Waals surface area contributed by atoms with E-state index in [-0.39, 0.29) is 5.41 Å². The molecule has 0 bridgehead atoms. The van der Waals surface area contributed by atoms with Crippen LogP contribution in [-0.2, 0) is 4.74 Å². The Labute approximate surface area is 98.1 Å². The largest absolute Gasteiger partial charge is 0.384 e. The van der Waals surface area contributed by atoms with Gasteiger partial charge in [-0.3, -0.25) is 0 Å². The van der Waals surface area contributed by atoms with Gasteiger partial charge in [0.15, 0.2) is 0 Å². The van der Waals surface area contributed by atoms with Gasteiger partial charge in [-0.15, -0.1) is 0 Å². The van der Waals surface area contributed by atoms with Crippen LogP contribution in [0.25, 0.3) is 0 Å². The molecule has 4 heteroatoms. The van der Waals surface area contributed by atoms with Crippen LogP contribution in [0.1, 0.15) is 0 Å². The molecule has 82 valence electrons. The van der Waals surface area contributed by atoms with Crippen LogP contribution in [0, 0.1) is 5.41 Å². The Morgan fingerprint density at radius 1 is 1.47 bits per heavy atom. The average Bonchev–Trinajstić information content (AvgIpc) is 2.17. The molecular formula is C11H15BrN2O. The number of hydrogen-bond donors (Lipinski definition) is 2. The molecule has 1 aliphatic rings. The first-order chi connectivity index (χ1) is 7.24. The highest BCUT2D eigenvalue weighted by atomic mass is 79.9. The van der Waals surface area contributed by atoms with E-state index in [9.17, 15) is 0 Å². The van der Waals surface area contributed by atoms with Crippen molar-refractivity contribution in [2.24, 2.45) is 11.1 Å². The molecule has 0 amide bonds. The predicted octanol–water partition coefficient (Wildman–Crippen LogP) is 1.84. The van der Waals surface area contributed by atoms with Gasteiger partial charge in [0.2, 0.25) is 0 Å². The smallest absolute Gasteiger partial charge is 0.0574 e. The summed E-state index contributed by atoms with van der Waals surface area (Å²) in [6.07, 6.45) is 0. The first kappa shape index (κ1) is 10.9. The van der Waals surface area contributed by atoms with E-state index in [1.54, 1.807) is 0 Å². The molecule has 1 saturated heterocycles. The minimum Gasteiger partial charge on any atom is -0.384 e. The van der Waals surface area contributed by atoms with E-state index in [4.69, 9.17) is 10.5 Å². The molecule has 0 radical (unpaired) electrons. The quantitative estimate of drug-likeness (QED) is 0.878. The van der Waals surface area contributed by atoms with E-state index in [1.165, 1.54) is 0 Å². The van der Waals surface area contributed by atoms with Crippen LogP contribution < -0.4 is 11.1 Å². The predicted molar refractivity (Wildman–Crippen MR) is 64.9 cm³/mol. The third-order valence-corrected chi connectivity index (χ3v) is 3.23. The zero-order valence-electron chi connectivity index (χ0n) is 8.50. The third-order valence-electron chi connectivity index (χ3n) is 2.74. The fraction of sp³-hybridized carbons (Fsp3) is 0.455. The fourth-order valence-electron chi connectivity index (χ4n) is 1.57. The zero-order chi connectivity index (χ0) is 10.7. The highest BCUT2D eigenvalue weighted by molar-refractivity contribution is 9.10. The Morgan fingerprint density at radius 3 is 2.80 bits per heavy atom. The van der Waals surface area contributed by atoms with Gasteiger partial charge in [0, 0.05) is 28.7 Å². The topological polar surface area (TPSA) is 47.3 Å². The van der Waals surface area contributed by atoms with Crippen molar-refractivity contribution >= 4 is 21.6 Å². The van der Waals surface area contributed by atoms with Crippen molar-refractivity contribution in [1.82, 2.24) is 0 Å². The fourth-order valence-corrected chi connectivity index (χ4v) is 1.97. The Balaban J connectivity index is 1.92. The molecule has 3 nitrogen and oxygen atoms in total. The molecule has 0 aromatic heterocycles. The van der Waals surface area contributed by atoms with Crippen LogP contribution >= 0.6 is 15.9 Å². The maximum Gasteiger partial charge on any atom is 0.0574 e. The van der Waals surface area contributed by atoms with Crippen molar-refractivity contribution in [3.05, 3.63) is 28.7 Å². The monoisotopic (exact) mass is 270 g/mol. The number of benzene rings is 1. The number of rotatable bonds is 4. The Kier molecular flexibility index (Phi) is 3.29. The lowest BCUT2D eigenvalue weighted by molar-refractivity contribution is -0.0979. The van der Waals surface area contributed by atoms with Gasteiger partial charge < -0.3 is 15.8 Å². The highest BCUT2D eigenvalue weighted by Crippen LogP contribution is 2.26. The van der Waals surface area contributed by atoms with Crippen LogP contribution in [-0.4, -0.2) is 26.3 Å². The van der Waals surface area contributed by atoms with Gasteiger partial charge in [-0.25, -0.2) is 0 Å². The molecule has 1 aromatic carbocycles. The number of nitrogens with one attached hydrogen (secondary N) is 1. The van der Waals surface area contributed by atoms with E-state index in [0.29, 0.717) is 6.54 Å². The molecule has 2 rings (SSSR count). The molecule has 0 atom stereocenters. The van der Waals surface area contributed by atoms with Gasteiger partial charge in [0.05, 0.1) is 13.2 Å². The van der Waals surface area contributed by atoms with Crippen molar-refractivity contribution in [1.29, 1.82) is 0 Å². The van der Waals surface area contributed by atoms with Crippen molar-refractivity contribution in [3.8, 4) is 0 Å². The summed E-state index contributed by atoms with van der Waals surface area (Å²) in [6, 6.07) is 8.13. The summed E-state index contributed by atoms with van der Waals surface area (Å²) in [7, 11) is 0. The molecule has 3 N–H and O–H groups in total. The lowest BCUT2D eigenvalue weighted by Gasteiger charge is -2.40. The number of anilines is 1. The molecule has 1 aliphatic heterocycles. The third kappa shape index (κ3) is 2.51. The summed E-state index contributed by atoms with van der Waals surface area (Å²) >= 11 is 3.44. The average molecular weight is 271 g/mol. The van der Waals surface area contributed by atoms with Crippen molar-refractivity contribution in [2.45, 2.75) is 0 Å². The SMILES string of the molecule is NCC1(CNc2cccc(Br)c2)COC1. The van der Waals surface area contributed by atoms with Gasteiger partial charge in [-0.2, -0.15) is 0 Å². The molecule has 1 fully saturated rings. The number of hydrogen-bond acceptors (Lipinski definition) is 3. The summed E-state index contributed by atoms with van der Waals surface area (Å²) in [4.78, 5) is 0. The Hall–Kier alpha value is -0.580. The van der Waals surface area contributed by atoms with Gasteiger partial charge in [0.1, 0.15) is 0 Å². The van der Waals surface area contributed by atoms with Gasteiger partial charge >= 0.3 is 0 Å². The molecule has 15 heavy (non-hydrogen) atoms. The summed E-state index contributed by atoms with van der Waals surface area (Å²) in [5, 5.41) is 3.39. The first-order valence-electron chi connectivity index (χ1n) is 5.01. The van der Waals surface area contributed by atoms with E-state index in [0.717, 1.165) is 29.9 Å². The van der Waals surface area contributed by atoms with Gasteiger partial charge in [-0.1, -0.05) is 22.0 Å². The van der Waals surface area contributed by atoms with E-state index in [2.05, 4.69) is 33.4 Å². The normalized spacial score (nSPS) is 18.3. The van der Waals surface area contributed by atoms with Crippen LogP contribution in [0.2, 0.25) is 0 Å². The molecule has 1 heterocycles. The second kappa shape index (κ2) is 4.51. The van der Waals surface area contributed by atoms with Crippen LogP contribution in [0.3, 0.4) is 0 Å². The summed E-state index contributed by atoms with van der Waals surface area (Å²) in [6.45, 7) is 3.09. The molecular weight excluding hydrogens is 256 g/mol. The lowest BCUT2D eigenvalue weighted by Crippen LogP contribution is -2.52. The van der Waals surface area contributed by atoms with E-state index >= 15 is 0 Å². The van der Waals surface area contributed by atoms with Gasteiger partial charge in [-0.05, 0) is 18.2 Å². The van der Waals surface area contributed by atoms with E-state index in [1.807, 2.05) is 12.1 Å². The second-order valence-corrected chi connectivity index (χ2v) is 4.98. The van der Waals surface area contributed by atoms with Crippen LogP contribution in [0.15, 0.2) is 28.7 Å². The lowest BCUT2D eigenvalue weighted by atomic mass is 9.86. The first-order valence-corrected chi connectivity index (χ1v) is 5.81. The molecule has 0 saturated carbocycles. The molecule has 0 unspecified atom stereocenters. The number of ether oxygens (including phenoxy) is 1. The molecule has 0 aliphatic carbocycles. The number of nitrogens with two attached hydrogens (primary N) is 1. The molecule has 1 aromatic rings. The van der Waals surface area contributed by atoms with Crippen molar-refractivity contribution < 1.29 is 4.74 Å². The maximum atomic E-state index is 5.73. The van der Waals surface area contributed by atoms with Gasteiger partial charge in [0.25, 0.3) is 0 Å². The molecule has 0 spiro atoms. The number of halogens is 1. The summed E-state index contributed by atoms with van der Waals surface area (Å²) < 4.78 is 6.29. The van der Waals surface area contributed by atoms with Crippen LogP contribution in [0.4, 0.5) is 5.69 Å². The van der Waals surface area contributed by atoms with Crippen molar-refractivity contribution in [3.63, 3.8) is 0 Å². The van der Waals surface area contributed by atoms with Crippen LogP contribution in [0.5, 0.6) is 0 Å². The zero-order valence-corrected chi connectivity index (χ0v) is 10.1. The second-order valence-electron chi connectivity index (χ2n) is 4.06. The summed E-state index contributed by atoms with van der Waals surface area (Å²) in [5.74, 6) is 0. The van der Waals surface area contributed by atoms with E-state index < -0.39 is 0 Å². The Morgan fingerprint density at radius 2 is 2.27 bits per heavy atom. The summed E-state index contributed by atoms with van der Waals surface area (Å²) in [5.41, 5.74) is 6.99. The Bertz CT molecular complexity index is 334. The maximum absolute atomic E-state index is 5.73. The standard InChI is InChI=1S/C11H15BrN2O/c12-9-2-1-3-10(4-9)14-6-11(5-13)7-15-8-11/h1-4,14H,5-8,13H2. The van der Waals surface area contributed by atoms with Crippen molar-refractivity contribution in [2.75, 3.05) is 31.6 Å². The highest BCUT2D eigenvalue weighted by Gasteiger charge is 2.36. The minimum atomic E-state index is 0.141.